The Morgan fingerprint density at radius 3 is 2.58 bits per heavy atom. The normalized spacial score (nSPS) is 10.8. The molecule has 1 aromatic heterocycles. The first-order valence-electron chi connectivity index (χ1n) is 7.97. The maximum absolute atomic E-state index is 10.7. The van der Waals surface area contributed by atoms with Crippen molar-refractivity contribution >= 4 is 16.5 Å². The summed E-state index contributed by atoms with van der Waals surface area (Å²) in [6, 6.07) is 20.0. The van der Waals surface area contributed by atoms with E-state index in [0.29, 0.717) is 17.2 Å². The number of fused-ring (bicyclic) bond motifs is 1. The largest absolute Gasteiger partial charge is 0.485 e. The number of nitro benzene ring substituents is 1. The van der Waals surface area contributed by atoms with E-state index in [0.717, 1.165) is 16.5 Å². The third kappa shape index (κ3) is 3.10. The van der Waals surface area contributed by atoms with Gasteiger partial charge in [0.15, 0.2) is 11.6 Å². The van der Waals surface area contributed by atoms with Crippen LogP contribution >= 0.6 is 0 Å². The summed E-state index contributed by atoms with van der Waals surface area (Å²) in [4.78, 5) is 14.7. The second-order valence-corrected chi connectivity index (χ2v) is 5.68. The fraction of sp³-hybridized carbons (Fsp3) is 0.0526. The minimum atomic E-state index is -0.439. The Hall–Kier alpha value is -3.74. The van der Waals surface area contributed by atoms with Crippen molar-refractivity contribution in [1.82, 2.24) is 15.2 Å². The van der Waals surface area contributed by atoms with Gasteiger partial charge in [0, 0.05) is 23.1 Å². The number of benzene rings is 3. The van der Waals surface area contributed by atoms with Crippen LogP contribution in [-0.4, -0.2) is 20.1 Å². The molecule has 4 aromatic rings. The zero-order valence-electron chi connectivity index (χ0n) is 13.6. The SMILES string of the molecule is O=[N+]([O-])c1ccc(-c2n[nH]c(COc3cccc4ccccc34)n2)cc1. The van der Waals surface area contributed by atoms with E-state index < -0.39 is 4.92 Å². The molecule has 0 saturated carbocycles. The van der Waals surface area contributed by atoms with E-state index in [-0.39, 0.29) is 12.3 Å². The average Bonchev–Trinajstić information content (AvgIpc) is 3.15. The Balaban J connectivity index is 1.51. The van der Waals surface area contributed by atoms with Crippen molar-refractivity contribution in [2.45, 2.75) is 6.61 Å². The van der Waals surface area contributed by atoms with E-state index in [1.807, 2.05) is 42.5 Å². The van der Waals surface area contributed by atoms with Crippen molar-refractivity contribution in [1.29, 1.82) is 0 Å². The topological polar surface area (TPSA) is 93.9 Å². The van der Waals surface area contributed by atoms with Crippen LogP contribution in [0.25, 0.3) is 22.2 Å². The molecular weight excluding hydrogens is 332 g/mol. The van der Waals surface area contributed by atoms with Gasteiger partial charge in [-0.1, -0.05) is 36.4 Å². The smallest absolute Gasteiger partial charge is 0.269 e. The van der Waals surface area contributed by atoms with Gasteiger partial charge in [0.05, 0.1) is 4.92 Å². The minimum absolute atomic E-state index is 0.0313. The number of rotatable bonds is 5. The van der Waals surface area contributed by atoms with Gasteiger partial charge in [-0.25, -0.2) is 4.98 Å². The number of nitrogens with one attached hydrogen (secondary N) is 1. The van der Waals surface area contributed by atoms with Crippen LogP contribution in [0.1, 0.15) is 5.82 Å². The van der Waals surface area contributed by atoms with Gasteiger partial charge in [0.25, 0.3) is 5.69 Å². The standard InChI is InChI=1S/C19H14N4O3/c24-23(25)15-10-8-14(9-11-15)19-20-18(21-22-19)12-26-17-7-3-5-13-4-1-2-6-16(13)17/h1-11H,12H2,(H,20,21,22). The van der Waals surface area contributed by atoms with Crippen LogP contribution in [0, 0.1) is 10.1 Å². The highest BCUT2D eigenvalue weighted by molar-refractivity contribution is 5.88. The number of hydrogen-bond donors (Lipinski definition) is 1. The molecule has 0 saturated heterocycles. The Labute approximate surface area is 148 Å². The fourth-order valence-electron chi connectivity index (χ4n) is 2.69. The van der Waals surface area contributed by atoms with Crippen LogP contribution in [0.3, 0.4) is 0 Å². The number of hydrogen-bond acceptors (Lipinski definition) is 5. The number of nitro groups is 1. The molecule has 0 amide bonds. The van der Waals surface area contributed by atoms with Crippen LogP contribution in [0.5, 0.6) is 5.75 Å². The molecule has 7 heteroatoms. The van der Waals surface area contributed by atoms with Crippen LogP contribution in [-0.2, 0) is 6.61 Å². The number of ether oxygens (including phenoxy) is 1. The molecule has 1 heterocycles. The van der Waals surface area contributed by atoms with Crippen molar-refractivity contribution in [2.24, 2.45) is 0 Å². The molecule has 0 aliphatic rings. The second-order valence-electron chi connectivity index (χ2n) is 5.68. The molecule has 0 bridgehead atoms. The number of non-ortho nitro benzene ring substituents is 1. The zero-order valence-corrected chi connectivity index (χ0v) is 13.6. The average molecular weight is 346 g/mol. The monoisotopic (exact) mass is 346 g/mol. The molecule has 4 rings (SSSR count). The van der Waals surface area contributed by atoms with Crippen molar-refractivity contribution in [3.63, 3.8) is 0 Å². The molecule has 0 spiro atoms. The van der Waals surface area contributed by atoms with Crippen molar-refractivity contribution in [3.8, 4) is 17.1 Å². The predicted molar refractivity (Wildman–Crippen MR) is 96.8 cm³/mol. The molecule has 3 aromatic carbocycles. The predicted octanol–water partition coefficient (Wildman–Crippen LogP) is 4.11. The molecular formula is C19H14N4O3. The molecule has 0 atom stereocenters. The maximum Gasteiger partial charge on any atom is 0.269 e. The summed E-state index contributed by atoms with van der Waals surface area (Å²) in [7, 11) is 0. The highest BCUT2D eigenvalue weighted by Crippen LogP contribution is 2.26. The van der Waals surface area contributed by atoms with Gasteiger partial charge in [-0.3, -0.25) is 15.2 Å². The molecule has 128 valence electrons. The van der Waals surface area contributed by atoms with E-state index in [9.17, 15) is 10.1 Å². The zero-order chi connectivity index (χ0) is 17.9. The molecule has 7 nitrogen and oxygen atoms in total. The van der Waals surface area contributed by atoms with Gasteiger partial charge in [-0.15, -0.1) is 0 Å². The lowest BCUT2D eigenvalue weighted by atomic mass is 10.1. The first-order valence-corrected chi connectivity index (χ1v) is 7.97. The summed E-state index contributed by atoms with van der Waals surface area (Å²) in [6.45, 7) is 0.244. The van der Waals surface area contributed by atoms with Gasteiger partial charge in [-0.2, -0.15) is 5.10 Å². The number of nitrogens with zero attached hydrogens (tertiary/aromatic N) is 3. The lowest BCUT2D eigenvalue weighted by Gasteiger charge is -2.07. The molecule has 0 radical (unpaired) electrons. The highest BCUT2D eigenvalue weighted by Gasteiger charge is 2.10. The van der Waals surface area contributed by atoms with E-state index in [1.54, 1.807) is 12.1 Å². The van der Waals surface area contributed by atoms with E-state index in [2.05, 4.69) is 15.2 Å². The van der Waals surface area contributed by atoms with Gasteiger partial charge in [0.1, 0.15) is 12.4 Å². The fourth-order valence-corrected chi connectivity index (χ4v) is 2.69. The summed E-state index contributed by atoms with van der Waals surface area (Å²) < 4.78 is 5.88. The first kappa shape index (κ1) is 15.8. The van der Waals surface area contributed by atoms with E-state index in [4.69, 9.17) is 4.74 Å². The number of H-pyrrole nitrogens is 1. The Bertz CT molecular complexity index is 1070. The van der Waals surface area contributed by atoms with Crippen LogP contribution in [0.2, 0.25) is 0 Å². The summed E-state index contributed by atoms with van der Waals surface area (Å²) >= 11 is 0. The summed E-state index contributed by atoms with van der Waals surface area (Å²) in [5.41, 5.74) is 0.729. The van der Waals surface area contributed by atoms with Crippen LogP contribution < -0.4 is 4.74 Å². The third-order valence-electron chi connectivity index (χ3n) is 3.98. The van der Waals surface area contributed by atoms with Crippen molar-refractivity contribution in [2.75, 3.05) is 0 Å². The molecule has 26 heavy (non-hydrogen) atoms. The first-order chi connectivity index (χ1) is 12.7. The number of aromatic amines is 1. The van der Waals surface area contributed by atoms with Crippen molar-refractivity contribution in [3.05, 3.63) is 82.7 Å². The lowest BCUT2D eigenvalue weighted by Crippen LogP contribution is -1.98. The van der Waals surface area contributed by atoms with Gasteiger partial charge in [0.2, 0.25) is 0 Å². The van der Waals surface area contributed by atoms with Gasteiger partial charge < -0.3 is 4.74 Å². The van der Waals surface area contributed by atoms with Crippen molar-refractivity contribution < 1.29 is 9.66 Å². The van der Waals surface area contributed by atoms with E-state index >= 15 is 0 Å². The molecule has 0 aliphatic heterocycles. The lowest BCUT2D eigenvalue weighted by molar-refractivity contribution is -0.384. The molecule has 0 aliphatic carbocycles. The Morgan fingerprint density at radius 2 is 1.77 bits per heavy atom. The minimum Gasteiger partial charge on any atom is -0.485 e. The molecule has 1 N–H and O–H groups in total. The van der Waals surface area contributed by atoms with E-state index in [1.165, 1.54) is 12.1 Å². The highest BCUT2D eigenvalue weighted by atomic mass is 16.6. The molecule has 0 unspecified atom stereocenters. The molecule has 0 fully saturated rings. The summed E-state index contributed by atoms with van der Waals surface area (Å²) in [5, 5.41) is 19.8. The maximum atomic E-state index is 10.7. The van der Waals surface area contributed by atoms with Crippen LogP contribution in [0.4, 0.5) is 5.69 Å². The summed E-state index contributed by atoms with van der Waals surface area (Å²) in [6.07, 6.45) is 0. The van der Waals surface area contributed by atoms with Gasteiger partial charge in [-0.05, 0) is 23.6 Å². The summed E-state index contributed by atoms with van der Waals surface area (Å²) in [5.74, 6) is 1.82. The number of aromatic nitrogens is 3. The second kappa shape index (κ2) is 6.64. The Morgan fingerprint density at radius 1 is 1.00 bits per heavy atom. The Kier molecular flexibility index (Phi) is 4.03. The van der Waals surface area contributed by atoms with Gasteiger partial charge >= 0.3 is 0 Å². The third-order valence-corrected chi connectivity index (χ3v) is 3.98. The quantitative estimate of drug-likeness (QED) is 0.433. The van der Waals surface area contributed by atoms with Crippen LogP contribution in [0.15, 0.2) is 66.7 Å².